The van der Waals surface area contributed by atoms with E-state index < -0.39 is 42.8 Å². The zero-order valence-electron chi connectivity index (χ0n) is 42.4. The number of halogens is 4. The molecule has 25 heteroatoms. The van der Waals surface area contributed by atoms with Gasteiger partial charge in [-0.25, -0.2) is 25.6 Å². The van der Waals surface area contributed by atoms with Crippen LogP contribution in [0.5, 0.6) is 23.0 Å². The van der Waals surface area contributed by atoms with Crippen LogP contribution < -0.4 is 39.5 Å². The molecule has 0 aliphatic heterocycles. The average molecular weight is 1190 g/mol. The highest BCUT2D eigenvalue weighted by molar-refractivity contribution is 7.93. The molecule has 0 bridgehead atoms. The molecule has 0 spiro atoms. The highest BCUT2D eigenvalue weighted by Crippen LogP contribution is 2.38. The van der Waals surface area contributed by atoms with E-state index in [4.69, 9.17) is 42.1 Å². The van der Waals surface area contributed by atoms with Crippen molar-refractivity contribution in [3.63, 3.8) is 0 Å². The molecule has 6 aromatic carbocycles. The first-order valence-electron chi connectivity index (χ1n) is 22.9. The number of hydrogen-bond acceptors (Lipinski definition) is 14. The first kappa shape index (κ1) is 59.4. The minimum absolute atomic E-state index is 0. The number of anilines is 2. The summed E-state index contributed by atoms with van der Waals surface area (Å²) in [7, 11) is -2.65. The van der Waals surface area contributed by atoms with Crippen LogP contribution >= 0.6 is 33.1 Å². The lowest BCUT2D eigenvalue weighted by Crippen LogP contribution is -2.21. The second-order valence-electron chi connectivity index (χ2n) is 17.1. The first-order valence-corrected chi connectivity index (χ1v) is 26.6. The minimum atomic E-state index is -4.04. The Morgan fingerprint density at radius 2 is 0.887 bits per heavy atom. The van der Waals surface area contributed by atoms with E-state index in [1.165, 1.54) is 135 Å². The van der Waals surface area contributed by atoms with E-state index >= 15 is 8.78 Å². The van der Waals surface area contributed by atoms with Gasteiger partial charge in [-0.1, -0.05) is 53.1 Å². The Morgan fingerprint density at radius 3 is 1.21 bits per heavy atom. The van der Waals surface area contributed by atoms with Gasteiger partial charge in [0.15, 0.2) is 23.1 Å². The molecule has 0 saturated carbocycles. The van der Waals surface area contributed by atoms with Gasteiger partial charge in [0.1, 0.15) is 35.7 Å². The Labute approximate surface area is 470 Å². The molecule has 80 heavy (non-hydrogen) atoms. The van der Waals surface area contributed by atoms with Crippen LogP contribution in [0.25, 0.3) is 55.4 Å². The lowest BCUT2D eigenvalue weighted by molar-refractivity contribution is 0.403. The third kappa shape index (κ3) is 11.7. The first-order chi connectivity index (χ1) is 37.2. The van der Waals surface area contributed by atoms with Crippen molar-refractivity contribution in [2.24, 2.45) is 0 Å². The largest absolute Gasteiger partial charge is 0.495 e. The van der Waals surface area contributed by atoms with Crippen LogP contribution in [0.4, 0.5) is 20.4 Å². The van der Waals surface area contributed by atoms with Crippen molar-refractivity contribution in [3.8, 4) is 56.6 Å². The molecule has 18 nitrogen and oxygen atoms in total. The topological polar surface area (TPSA) is 225 Å². The molecule has 0 amide bonds. The van der Waals surface area contributed by atoms with Crippen molar-refractivity contribution < 1.29 is 53.6 Å². The summed E-state index contributed by atoms with van der Waals surface area (Å²) < 4.78 is 121. The maximum atomic E-state index is 15.5. The molecule has 1 unspecified atom stereocenters. The van der Waals surface area contributed by atoms with Gasteiger partial charge in [-0.05, 0) is 121 Å². The number of rotatable bonds is 14. The quantitative estimate of drug-likeness (QED) is 0.0966. The van der Waals surface area contributed by atoms with E-state index in [1.54, 1.807) is 36.4 Å². The van der Waals surface area contributed by atoms with Crippen molar-refractivity contribution in [2.45, 2.75) is 31.1 Å². The summed E-state index contributed by atoms with van der Waals surface area (Å²) in [5.41, 5.74) is 2.85. The number of nitrogens with zero attached hydrogens (tertiary/aromatic N) is 4. The molecule has 10 rings (SSSR count). The number of aromatic nitrogens is 4. The molecule has 0 aliphatic carbocycles. The maximum Gasteiger partial charge on any atom is 0.298 e. The fourth-order valence-electron chi connectivity index (χ4n) is 8.41. The molecule has 0 radical (unpaired) electrons. The zero-order chi connectivity index (χ0) is 55.8. The molecule has 0 fully saturated rings. The molecule has 0 saturated heterocycles. The predicted octanol–water partition coefficient (Wildman–Crippen LogP) is 11.8. The molecular formula is C55H49Cl2F2N6O12PS2. The zero-order valence-corrected chi connectivity index (χ0v) is 47.0. The standard InChI is InChI=1S/2C27H21ClFN3O6S.CH4.H3P/c2*1-15-10-16(4-6-20(15)28)19-13-24(36-2)23(14-21(19)29)32-22-7-5-18(11-17(22)12-25(37-3)27(32)33)39(34,35)31-26-8-9-38-30-26;;/h2*4-14H,1-3H3,(H,30,31);1H4;1H3. The van der Waals surface area contributed by atoms with Gasteiger partial charge in [0.25, 0.3) is 31.2 Å². The van der Waals surface area contributed by atoms with E-state index in [-0.39, 0.29) is 84.3 Å². The second-order valence-corrected chi connectivity index (χ2v) is 21.2. The van der Waals surface area contributed by atoms with Gasteiger partial charge in [0, 0.05) is 56.2 Å². The number of ether oxygens (including phenoxy) is 4. The van der Waals surface area contributed by atoms with Gasteiger partial charge in [-0.3, -0.25) is 28.2 Å². The van der Waals surface area contributed by atoms with Gasteiger partial charge in [-0.15, -0.1) is 0 Å². The van der Waals surface area contributed by atoms with Crippen molar-refractivity contribution in [1.29, 1.82) is 0 Å². The normalized spacial score (nSPS) is 11.2. The third-order valence-corrected chi connectivity index (χ3v) is 15.8. The Hall–Kier alpha value is -8.27. The highest BCUT2D eigenvalue weighted by atomic mass is 35.5. The number of methoxy groups -OCH3 is 4. The fourth-order valence-corrected chi connectivity index (χ4v) is 10.7. The van der Waals surface area contributed by atoms with Crippen molar-refractivity contribution in [1.82, 2.24) is 19.4 Å². The minimum Gasteiger partial charge on any atom is -0.495 e. The molecular weight excluding hydrogens is 1140 g/mol. The van der Waals surface area contributed by atoms with Crippen LogP contribution in [-0.4, -0.2) is 64.7 Å². The van der Waals surface area contributed by atoms with Crippen LogP contribution in [0, 0.1) is 25.5 Å². The average Bonchev–Trinajstić information content (AvgIpc) is 4.15. The molecule has 1 atom stereocenters. The molecule has 4 aromatic heterocycles. The lowest BCUT2D eigenvalue weighted by atomic mass is 10.0. The number of sulfonamides is 2. The smallest absolute Gasteiger partial charge is 0.298 e. The molecule has 10 aromatic rings. The van der Waals surface area contributed by atoms with E-state index in [1.807, 2.05) is 13.8 Å². The molecule has 4 heterocycles. The molecule has 2 N–H and O–H groups in total. The Kier molecular flexibility index (Phi) is 17.8. The number of hydrogen-bond donors (Lipinski definition) is 2. The van der Waals surface area contributed by atoms with Crippen LogP contribution in [0.3, 0.4) is 0 Å². The second kappa shape index (κ2) is 24.0. The number of pyridine rings is 2. The number of fused-ring (bicyclic) bond motifs is 2. The Bertz CT molecular complexity index is 4060. The van der Waals surface area contributed by atoms with Gasteiger partial charge in [0.05, 0.1) is 60.6 Å². The van der Waals surface area contributed by atoms with E-state index in [0.29, 0.717) is 43.0 Å². The van der Waals surface area contributed by atoms with E-state index in [2.05, 4.69) is 28.8 Å². The van der Waals surface area contributed by atoms with Crippen LogP contribution in [0.1, 0.15) is 18.6 Å². The van der Waals surface area contributed by atoms with E-state index in [9.17, 15) is 26.4 Å². The number of aryl methyl sites for hydroxylation is 2. The van der Waals surface area contributed by atoms with Crippen LogP contribution in [0.15, 0.2) is 162 Å². The summed E-state index contributed by atoms with van der Waals surface area (Å²) in [5, 5.41) is 8.91. The Balaban J connectivity index is 0.000000225. The summed E-state index contributed by atoms with van der Waals surface area (Å²) in [4.78, 5) is 26.6. The van der Waals surface area contributed by atoms with Crippen molar-refractivity contribution in [3.05, 3.63) is 187 Å². The van der Waals surface area contributed by atoms with Gasteiger partial charge in [0.2, 0.25) is 0 Å². The van der Waals surface area contributed by atoms with Crippen molar-refractivity contribution >= 4 is 86.6 Å². The third-order valence-electron chi connectivity index (χ3n) is 12.3. The Morgan fingerprint density at radius 1 is 0.512 bits per heavy atom. The van der Waals surface area contributed by atoms with Gasteiger partial charge in [-0.2, -0.15) is 9.90 Å². The summed E-state index contributed by atoms with van der Waals surface area (Å²) in [6.07, 6.45) is 2.46. The summed E-state index contributed by atoms with van der Waals surface area (Å²) in [6, 6.07) is 29.4. The van der Waals surface area contributed by atoms with Gasteiger partial charge < -0.3 is 28.0 Å². The number of benzene rings is 6. The molecule has 416 valence electrons. The highest BCUT2D eigenvalue weighted by Gasteiger charge is 2.24. The van der Waals surface area contributed by atoms with Crippen molar-refractivity contribution in [2.75, 3.05) is 37.9 Å². The lowest BCUT2D eigenvalue weighted by Gasteiger charge is -2.18. The SMILES string of the molecule is C.COc1cc(-c2ccc(Cl)c(C)c2)c(F)cc1-n1c(=O)c(OC)cc2cc(S(=O)(=O)Nc3ccon3)ccc21.COc1cc(-c2ccc(Cl)c(C)c2)c(F)cc1-n1c(=O)c(OC)cc2cc(S(=O)(=O)Nc3ccon3)ccc21.P. The fraction of sp³-hybridized carbons (Fsp3) is 0.127. The predicted molar refractivity (Wildman–Crippen MR) is 308 cm³/mol. The molecule has 0 aliphatic rings. The van der Waals surface area contributed by atoms with Crippen LogP contribution in [0.2, 0.25) is 10.0 Å². The summed E-state index contributed by atoms with van der Waals surface area (Å²) in [6.45, 7) is 3.62. The summed E-state index contributed by atoms with van der Waals surface area (Å²) >= 11 is 12.3. The monoisotopic (exact) mass is 1190 g/mol. The van der Waals surface area contributed by atoms with E-state index in [0.717, 1.165) is 11.1 Å². The van der Waals surface area contributed by atoms with Gasteiger partial charge >= 0.3 is 0 Å². The number of nitrogens with one attached hydrogen (secondary N) is 2. The maximum absolute atomic E-state index is 15.5. The summed E-state index contributed by atoms with van der Waals surface area (Å²) in [5.74, 6) is -0.941. The van der Waals surface area contributed by atoms with Crippen LogP contribution in [-0.2, 0) is 20.0 Å².